The van der Waals surface area contributed by atoms with Gasteiger partial charge in [-0.05, 0) is 19.3 Å². The molecule has 1 aliphatic carbocycles. The average Bonchev–Trinajstić information content (AvgIpc) is 2.77. The summed E-state index contributed by atoms with van der Waals surface area (Å²) in [6.07, 6.45) is -0.900. The number of urea groups is 1. The number of nitrogens with one attached hydrogen (secondary N) is 2. The van der Waals surface area contributed by atoms with E-state index in [4.69, 9.17) is 0 Å². The summed E-state index contributed by atoms with van der Waals surface area (Å²) in [6, 6.07) is -0.931. The van der Waals surface area contributed by atoms with Crippen molar-refractivity contribution in [3.05, 3.63) is 0 Å². The van der Waals surface area contributed by atoms with E-state index in [9.17, 15) is 23.1 Å². The van der Waals surface area contributed by atoms with Gasteiger partial charge < -0.3 is 15.7 Å². The smallest absolute Gasteiger partial charge is 0.391 e. The Morgan fingerprint density at radius 2 is 1.90 bits per heavy atom. The summed E-state index contributed by atoms with van der Waals surface area (Å²) in [5, 5.41) is 15.2. The largest absolute Gasteiger partial charge is 0.401 e. The van der Waals surface area contributed by atoms with E-state index in [1.165, 1.54) is 4.90 Å². The molecule has 3 N–H and O–H groups in total. The summed E-state index contributed by atoms with van der Waals surface area (Å²) in [6.45, 7) is -0.398. The van der Waals surface area contributed by atoms with Gasteiger partial charge >= 0.3 is 12.2 Å². The van der Waals surface area contributed by atoms with E-state index >= 15 is 0 Å². The minimum atomic E-state index is -4.21. The number of nitrogens with zero attached hydrogens (tertiary/aromatic N) is 1. The minimum Gasteiger partial charge on any atom is -0.391 e. The van der Waals surface area contributed by atoms with Crippen molar-refractivity contribution in [3.8, 4) is 0 Å². The topological polar surface area (TPSA) is 64.6 Å². The SMILES string of the molecule is O=C(NC1CCN(CC(F)(F)F)C1)NC1CCCCC1O. The molecule has 122 valence electrons. The lowest BCUT2D eigenvalue weighted by molar-refractivity contribution is -0.143. The van der Waals surface area contributed by atoms with Gasteiger partial charge in [-0.1, -0.05) is 12.8 Å². The summed E-state index contributed by atoms with van der Waals surface area (Å²) < 4.78 is 36.8. The molecule has 2 amide bonds. The molecule has 1 aliphatic heterocycles. The lowest BCUT2D eigenvalue weighted by Gasteiger charge is -2.29. The molecule has 1 saturated carbocycles. The second-order valence-electron chi connectivity index (χ2n) is 5.91. The fourth-order valence-electron chi connectivity index (χ4n) is 3.02. The molecule has 0 spiro atoms. The van der Waals surface area contributed by atoms with E-state index < -0.39 is 24.9 Å². The van der Waals surface area contributed by atoms with E-state index in [2.05, 4.69) is 10.6 Å². The van der Waals surface area contributed by atoms with Crippen molar-refractivity contribution in [2.75, 3.05) is 19.6 Å². The number of rotatable bonds is 3. The number of hydrogen-bond donors (Lipinski definition) is 3. The fourth-order valence-corrected chi connectivity index (χ4v) is 3.02. The van der Waals surface area contributed by atoms with Crippen molar-refractivity contribution in [1.29, 1.82) is 0 Å². The third-order valence-electron chi connectivity index (χ3n) is 4.06. The summed E-state index contributed by atoms with van der Waals surface area (Å²) in [5.74, 6) is 0. The van der Waals surface area contributed by atoms with Gasteiger partial charge in [0.1, 0.15) is 0 Å². The van der Waals surface area contributed by atoms with Gasteiger partial charge in [0.05, 0.1) is 18.7 Å². The highest BCUT2D eigenvalue weighted by molar-refractivity contribution is 5.74. The molecular formula is C13H22F3N3O2. The predicted octanol–water partition coefficient (Wildman–Crippen LogP) is 1.23. The van der Waals surface area contributed by atoms with Gasteiger partial charge in [-0.2, -0.15) is 13.2 Å². The van der Waals surface area contributed by atoms with Crippen molar-refractivity contribution < 1.29 is 23.1 Å². The molecule has 2 fully saturated rings. The molecule has 21 heavy (non-hydrogen) atoms. The average molecular weight is 309 g/mol. The molecule has 3 unspecified atom stereocenters. The maximum atomic E-state index is 12.3. The molecule has 8 heteroatoms. The van der Waals surface area contributed by atoms with Crippen LogP contribution in [0.3, 0.4) is 0 Å². The number of halogens is 3. The lowest BCUT2D eigenvalue weighted by atomic mass is 9.93. The zero-order valence-corrected chi connectivity index (χ0v) is 11.8. The maximum Gasteiger partial charge on any atom is 0.401 e. The van der Waals surface area contributed by atoms with Gasteiger partial charge in [0.2, 0.25) is 0 Å². The van der Waals surface area contributed by atoms with Crippen LogP contribution >= 0.6 is 0 Å². The van der Waals surface area contributed by atoms with Gasteiger partial charge in [-0.3, -0.25) is 4.90 Å². The first-order chi connectivity index (χ1) is 9.83. The summed E-state index contributed by atoms with van der Waals surface area (Å²) >= 11 is 0. The van der Waals surface area contributed by atoms with Crippen LogP contribution in [0, 0.1) is 0 Å². The van der Waals surface area contributed by atoms with Gasteiger partial charge in [-0.25, -0.2) is 4.79 Å². The van der Waals surface area contributed by atoms with E-state index in [0.717, 1.165) is 19.3 Å². The predicted molar refractivity (Wildman–Crippen MR) is 70.8 cm³/mol. The third-order valence-corrected chi connectivity index (χ3v) is 4.06. The third kappa shape index (κ3) is 5.35. The quantitative estimate of drug-likeness (QED) is 0.734. The Labute approximate surface area is 121 Å². The number of carbonyl (C=O) groups excluding carboxylic acids is 1. The Balaban J connectivity index is 1.71. The van der Waals surface area contributed by atoms with Crippen molar-refractivity contribution in [2.24, 2.45) is 0 Å². The first-order valence-corrected chi connectivity index (χ1v) is 7.38. The molecule has 0 aromatic carbocycles. The van der Waals surface area contributed by atoms with Crippen molar-refractivity contribution >= 4 is 6.03 Å². The number of carbonyl (C=O) groups is 1. The molecule has 3 atom stereocenters. The van der Waals surface area contributed by atoms with E-state index in [-0.39, 0.29) is 18.6 Å². The molecular weight excluding hydrogens is 287 g/mol. The molecule has 0 aromatic rings. The number of alkyl halides is 3. The Hall–Kier alpha value is -1.02. The summed E-state index contributed by atoms with van der Waals surface area (Å²) in [4.78, 5) is 13.1. The fraction of sp³-hybridized carbons (Fsp3) is 0.923. The van der Waals surface area contributed by atoms with Crippen LogP contribution in [0.4, 0.5) is 18.0 Å². The van der Waals surface area contributed by atoms with Crippen LogP contribution in [0.1, 0.15) is 32.1 Å². The number of aliphatic hydroxyl groups excluding tert-OH is 1. The van der Waals surface area contributed by atoms with Crippen LogP contribution in [0.25, 0.3) is 0 Å². The van der Waals surface area contributed by atoms with Crippen LogP contribution in [0.15, 0.2) is 0 Å². The number of likely N-dealkylation sites (tertiary alicyclic amines) is 1. The highest BCUT2D eigenvalue weighted by atomic mass is 19.4. The number of amides is 2. The van der Waals surface area contributed by atoms with Gasteiger partial charge in [0.25, 0.3) is 0 Å². The molecule has 2 aliphatic rings. The first-order valence-electron chi connectivity index (χ1n) is 7.38. The van der Waals surface area contributed by atoms with Crippen LogP contribution in [0.5, 0.6) is 0 Å². The molecule has 5 nitrogen and oxygen atoms in total. The summed E-state index contributed by atoms with van der Waals surface area (Å²) in [5.41, 5.74) is 0. The number of hydrogen-bond acceptors (Lipinski definition) is 3. The van der Waals surface area contributed by atoms with Crippen LogP contribution < -0.4 is 10.6 Å². The maximum absolute atomic E-state index is 12.3. The van der Waals surface area contributed by atoms with Crippen LogP contribution in [-0.2, 0) is 0 Å². The van der Waals surface area contributed by atoms with Crippen molar-refractivity contribution in [3.63, 3.8) is 0 Å². The van der Waals surface area contributed by atoms with Gasteiger partial charge in [-0.15, -0.1) is 0 Å². The highest BCUT2D eigenvalue weighted by Crippen LogP contribution is 2.20. The van der Waals surface area contributed by atoms with E-state index in [1.54, 1.807) is 0 Å². The molecule has 1 saturated heterocycles. The zero-order chi connectivity index (χ0) is 15.5. The lowest BCUT2D eigenvalue weighted by Crippen LogP contribution is -2.51. The van der Waals surface area contributed by atoms with Crippen molar-refractivity contribution in [1.82, 2.24) is 15.5 Å². The molecule has 0 bridgehead atoms. The Kier molecular flexibility index (Phi) is 5.32. The Morgan fingerprint density at radius 3 is 2.57 bits per heavy atom. The highest BCUT2D eigenvalue weighted by Gasteiger charge is 2.35. The van der Waals surface area contributed by atoms with Gasteiger partial charge in [0, 0.05) is 19.1 Å². The van der Waals surface area contributed by atoms with Gasteiger partial charge in [0.15, 0.2) is 0 Å². The summed E-state index contributed by atoms with van der Waals surface area (Å²) in [7, 11) is 0. The van der Waals surface area contributed by atoms with Crippen molar-refractivity contribution in [2.45, 2.75) is 56.5 Å². The second-order valence-corrected chi connectivity index (χ2v) is 5.91. The first kappa shape index (κ1) is 16.4. The molecule has 0 aromatic heterocycles. The monoisotopic (exact) mass is 309 g/mol. The van der Waals surface area contributed by atoms with Crippen LogP contribution in [0.2, 0.25) is 0 Å². The normalized spacial score (nSPS) is 31.1. The Bertz CT molecular complexity index is 365. The molecule has 1 heterocycles. The molecule has 0 radical (unpaired) electrons. The zero-order valence-electron chi connectivity index (χ0n) is 11.8. The van der Waals surface area contributed by atoms with Crippen LogP contribution in [-0.4, -0.2) is 60.0 Å². The second kappa shape index (κ2) is 6.83. The van der Waals surface area contributed by atoms with E-state index in [1.807, 2.05) is 0 Å². The minimum absolute atomic E-state index is 0.208. The standard InChI is InChI=1S/C13H22F3N3O2/c14-13(15,16)8-19-6-5-9(7-19)17-12(21)18-10-3-1-2-4-11(10)20/h9-11,20H,1-8H2,(H2,17,18,21). The molecule has 2 rings (SSSR count). The number of aliphatic hydroxyl groups is 1. The Morgan fingerprint density at radius 1 is 1.19 bits per heavy atom. The van der Waals surface area contributed by atoms with E-state index in [0.29, 0.717) is 19.4 Å².